The summed E-state index contributed by atoms with van der Waals surface area (Å²) in [7, 11) is 0. The molecule has 1 aliphatic heterocycles. The molecular formula is C22H24N4O2S2. The van der Waals surface area contributed by atoms with Crippen LogP contribution >= 0.6 is 23.1 Å². The zero-order valence-electron chi connectivity index (χ0n) is 16.6. The first-order chi connectivity index (χ1) is 14.8. The van der Waals surface area contributed by atoms with Crippen molar-refractivity contribution in [2.24, 2.45) is 0 Å². The van der Waals surface area contributed by atoms with E-state index in [4.69, 9.17) is 4.74 Å². The molecule has 6 nitrogen and oxygen atoms in total. The first-order valence-corrected chi connectivity index (χ1v) is 12.1. The summed E-state index contributed by atoms with van der Waals surface area (Å²) in [5.74, 6) is 0.885. The number of amides is 1. The second-order valence-corrected chi connectivity index (χ2v) is 9.74. The molecule has 30 heavy (non-hydrogen) atoms. The highest BCUT2D eigenvalue weighted by molar-refractivity contribution is 8.00. The van der Waals surface area contributed by atoms with Crippen molar-refractivity contribution < 1.29 is 9.53 Å². The van der Waals surface area contributed by atoms with Crippen LogP contribution in [0.1, 0.15) is 36.5 Å². The molecule has 0 spiro atoms. The Hall–Kier alpha value is -2.16. The Morgan fingerprint density at radius 3 is 2.77 bits per heavy atom. The second-order valence-electron chi connectivity index (χ2n) is 7.72. The molecule has 2 fully saturated rings. The number of hydrogen-bond acceptors (Lipinski definition) is 6. The van der Waals surface area contributed by atoms with Crippen molar-refractivity contribution in [1.82, 2.24) is 20.1 Å². The largest absolute Gasteiger partial charge is 0.376 e. The number of benzene rings is 1. The van der Waals surface area contributed by atoms with Crippen LogP contribution in [0.15, 0.2) is 53.0 Å². The maximum atomic E-state index is 13.1. The number of nitrogens with one attached hydrogen (secondary N) is 1. The van der Waals surface area contributed by atoms with Crippen molar-refractivity contribution in [3.63, 3.8) is 0 Å². The number of rotatable bonds is 8. The summed E-state index contributed by atoms with van der Waals surface area (Å²) in [5.41, 5.74) is 0.977. The fourth-order valence-electron chi connectivity index (χ4n) is 3.63. The first kappa shape index (κ1) is 19.8. The Bertz CT molecular complexity index is 980. The summed E-state index contributed by atoms with van der Waals surface area (Å²) in [5, 5.41) is 14.6. The summed E-state index contributed by atoms with van der Waals surface area (Å²) < 4.78 is 8.02. The lowest BCUT2D eigenvalue weighted by Gasteiger charge is -2.18. The lowest BCUT2D eigenvalue weighted by Crippen LogP contribution is -2.30. The summed E-state index contributed by atoms with van der Waals surface area (Å²) in [4.78, 5) is 14.2. The minimum absolute atomic E-state index is 0.0399. The summed E-state index contributed by atoms with van der Waals surface area (Å²) in [6, 6.07) is 14.3. The third kappa shape index (κ3) is 4.45. The Kier molecular flexibility index (Phi) is 5.88. The van der Waals surface area contributed by atoms with Gasteiger partial charge in [0.2, 0.25) is 5.91 Å². The SMILES string of the molecule is O=C(NC1CC1)[C@H](Sc1nnc(-c2cccs2)n1C[C@@H]1CCCO1)c1ccccc1. The molecule has 5 rings (SSSR count). The molecular weight excluding hydrogens is 416 g/mol. The molecule has 2 atom stereocenters. The molecule has 1 saturated heterocycles. The van der Waals surface area contributed by atoms with Crippen LogP contribution in [0.5, 0.6) is 0 Å². The van der Waals surface area contributed by atoms with Crippen molar-refractivity contribution in [3.8, 4) is 10.7 Å². The van der Waals surface area contributed by atoms with Crippen LogP contribution in [-0.4, -0.2) is 39.4 Å². The lowest BCUT2D eigenvalue weighted by molar-refractivity contribution is -0.120. The van der Waals surface area contributed by atoms with Crippen molar-refractivity contribution in [1.29, 1.82) is 0 Å². The van der Waals surface area contributed by atoms with E-state index in [0.29, 0.717) is 12.6 Å². The standard InChI is InChI=1S/C22H24N4O2S2/c27-21(23-16-10-11-16)19(15-6-2-1-3-7-15)30-22-25-24-20(18-9-5-13-29-18)26(22)14-17-8-4-12-28-17/h1-3,5-7,9,13,16-17,19H,4,8,10-12,14H2,(H,23,27)/t17-,19+/m0/s1. The molecule has 8 heteroatoms. The van der Waals surface area contributed by atoms with Gasteiger partial charge in [-0.1, -0.05) is 48.2 Å². The van der Waals surface area contributed by atoms with Crippen LogP contribution in [-0.2, 0) is 16.1 Å². The Morgan fingerprint density at radius 1 is 1.20 bits per heavy atom. The molecule has 1 aromatic carbocycles. The average Bonchev–Trinajstić information content (AvgIpc) is 3.19. The fraction of sp³-hybridized carbons (Fsp3) is 0.409. The van der Waals surface area contributed by atoms with Crippen LogP contribution < -0.4 is 5.32 Å². The predicted molar refractivity (Wildman–Crippen MR) is 119 cm³/mol. The smallest absolute Gasteiger partial charge is 0.238 e. The van der Waals surface area contributed by atoms with Gasteiger partial charge in [-0.25, -0.2) is 0 Å². The molecule has 1 aliphatic carbocycles. The highest BCUT2D eigenvalue weighted by Crippen LogP contribution is 2.38. The Morgan fingerprint density at radius 2 is 2.07 bits per heavy atom. The number of carbonyl (C=O) groups excluding carboxylic acids is 1. The van der Waals surface area contributed by atoms with Crippen molar-refractivity contribution in [2.45, 2.75) is 54.8 Å². The summed E-state index contributed by atoms with van der Waals surface area (Å²) >= 11 is 3.12. The quantitative estimate of drug-likeness (QED) is 0.529. The molecule has 1 amide bonds. The van der Waals surface area contributed by atoms with Crippen molar-refractivity contribution >= 4 is 29.0 Å². The number of aromatic nitrogens is 3. The molecule has 1 saturated carbocycles. The number of thioether (sulfide) groups is 1. The Labute approximate surface area is 184 Å². The number of ether oxygens (including phenoxy) is 1. The number of thiophene rings is 1. The van der Waals surface area contributed by atoms with Crippen LogP contribution in [0.3, 0.4) is 0 Å². The third-order valence-corrected chi connectivity index (χ3v) is 7.46. The maximum Gasteiger partial charge on any atom is 0.238 e. The van der Waals surface area contributed by atoms with Gasteiger partial charge in [0, 0.05) is 12.6 Å². The Balaban J connectivity index is 1.46. The maximum absolute atomic E-state index is 13.1. The summed E-state index contributed by atoms with van der Waals surface area (Å²) in [6.45, 7) is 1.51. The monoisotopic (exact) mass is 440 g/mol. The van der Waals surface area contributed by atoms with E-state index in [-0.39, 0.29) is 17.3 Å². The molecule has 3 aromatic rings. The third-order valence-electron chi connectivity index (χ3n) is 5.36. The van der Waals surface area contributed by atoms with E-state index in [1.807, 2.05) is 41.8 Å². The van der Waals surface area contributed by atoms with Crippen LogP contribution in [0.25, 0.3) is 10.7 Å². The number of hydrogen-bond donors (Lipinski definition) is 1. The van der Waals surface area contributed by atoms with Gasteiger partial charge >= 0.3 is 0 Å². The molecule has 2 aromatic heterocycles. The highest BCUT2D eigenvalue weighted by Gasteiger charge is 2.31. The zero-order chi connectivity index (χ0) is 20.3. The van der Waals surface area contributed by atoms with Crippen molar-refractivity contribution in [3.05, 3.63) is 53.4 Å². The highest BCUT2D eigenvalue weighted by atomic mass is 32.2. The average molecular weight is 441 g/mol. The zero-order valence-corrected chi connectivity index (χ0v) is 18.2. The normalized spacial score (nSPS) is 19.7. The first-order valence-electron chi connectivity index (χ1n) is 10.4. The van der Waals surface area contributed by atoms with Crippen LogP contribution in [0, 0.1) is 0 Å². The van der Waals surface area contributed by atoms with E-state index in [2.05, 4.69) is 26.1 Å². The molecule has 3 heterocycles. The summed E-state index contributed by atoms with van der Waals surface area (Å²) in [6.07, 6.45) is 4.41. The van der Waals surface area contributed by atoms with Gasteiger partial charge in [-0.15, -0.1) is 21.5 Å². The van der Waals surface area contributed by atoms with E-state index >= 15 is 0 Å². The van der Waals surface area contributed by atoms with Gasteiger partial charge in [-0.3, -0.25) is 9.36 Å². The topological polar surface area (TPSA) is 69.0 Å². The minimum Gasteiger partial charge on any atom is -0.376 e. The lowest BCUT2D eigenvalue weighted by atomic mass is 10.1. The van der Waals surface area contributed by atoms with E-state index in [0.717, 1.165) is 53.7 Å². The van der Waals surface area contributed by atoms with Gasteiger partial charge in [0.25, 0.3) is 0 Å². The van der Waals surface area contributed by atoms with Crippen LogP contribution in [0.2, 0.25) is 0 Å². The molecule has 1 N–H and O–H groups in total. The van der Waals surface area contributed by atoms with Gasteiger partial charge in [0.15, 0.2) is 11.0 Å². The molecule has 2 aliphatic rings. The molecule has 0 bridgehead atoms. The van der Waals surface area contributed by atoms with E-state index in [1.165, 1.54) is 11.8 Å². The fourth-order valence-corrected chi connectivity index (χ4v) is 5.40. The van der Waals surface area contributed by atoms with Gasteiger partial charge in [-0.05, 0) is 42.7 Å². The van der Waals surface area contributed by atoms with Crippen molar-refractivity contribution in [2.75, 3.05) is 6.61 Å². The van der Waals surface area contributed by atoms with Crippen LogP contribution in [0.4, 0.5) is 0 Å². The molecule has 0 unspecified atom stereocenters. The van der Waals surface area contributed by atoms with E-state index in [9.17, 15) is 4.79 Å². The minimum atomic E-state index is -0.365. The molecule has 0 radical (unpaired) electrons. The number of carbonyl (C=O) groups is 1. The number of nitrogens with zero attached hydrogens (tertiary/aromatic N) is 3. The van der Waals surface area contributed by atoms with E-state index in [1.54, 1.807) is 11.3 Å². The predicted octanol–water partition coefficient (Wildman–Crippen LogP) is 4.30. The van der Waals surface area contributed by atoms with Gasteiger partial charge in [0.1, 0.15) is 5.25 Å². The van der Waals surface area contributed by atoms with Gasteiger partial charge in [0.05, 0.1) is 17.5 Å². The van der Waals surface area contributed by atoms with Gasteiger partial charge in [-0.2, -0.15) is 0 Å². The second kappa shape index (κ2) is 8.91. The van der Waals surface area contributed by atoms with Gasteiger partial charge < -0.3 is 10.1 Å². The van der Waals surface area contributed by atoms with E-state index < -0.39 is 0 Å². The molecule has 156 valence electrons.